The zero-order valence-electron chi connectivity index (χ0n) is 9.56. The van der Waals surface area contributed by atoms with Gasteiger partial charge in [0.1, 0.15) is 11.5 Å². The van der Waals surface area contributed by atoms with Crippen LogP contribution in [-0.4, -0.2) is 19.7 Å². The summed E-state index contributed by atoms with van der Waals surface area (Å²) in [4.78, 5) is 8.30. The number of anilines is 1. The number of nitrogens with two attached hydrogens (primary N) is 1. The van der Waals surface area contributed by atoms with Gasteiger partial charge >= 0.3 is 0 Å². The Kier molecular flexibility index (Phi) is 2.49. The Bertz CT molecular complexity index is 660. The van der Waals surface area contributed by atoms with Crippen molar-refractivity contribution in [2.75, 3.05) is 5.73 Å². The van der Waals surface area contributed by atoms with Crippen molar-refractivity contribution in [2.45, 2.75) is 0 Å². The smallest absolute Gasteiger partial charge is 0.142 e. The zero-order chi connectivity index (χ0) is 12.4. The first-order valence-corrected chi connectivity index (χ1v) is 5.52. The van der Waals surface area contributed by atoms with Gasteiger partial charge in [-0.25, -0.2) is 9.67 Å². The number of rotatable bonds is 2. The van der Waals surface area contributed by atoms with Gasteiger partial charge in [0.05, 0.1) is 30.0 Å². The summed E-state index contributed by atoms with van der Waals surface area (Å²) in [5.41, 5.74) is 8.19. The van der Waals surface area contributed by atoms with Gasteiger partial charge in [0.25, 0.3) is 0 Å². The average Bonchev–Trinajstić information content (AvgIpc) is 2.89. The van der Waals surface area contributed by atoms with Crippen molar-refractivity contribution in [3.63, 3.8) is 0 Å². The second-order valence-corrected chi connectivity index (χ2v) is 3.79. The molecule has 2 heterocycles. The highest BCUT2D eigenvalue weighted by atomic mass is 15.3. The van der Waals surface area contributed by atoms with Crippen LogP contribution in [0.25, 0.3) is 17.1 Å². The molecule has 88 valence electrons. The van der Waals surface area contributed by atoms with E-state index in [9.17, 15) is 0 Å². The van der Waals surface area contributed by atoms with E-state index in [0.717, 1.165) is 11.4 Å². The first-order chi connectivity index (χ1) is 8.84. The Hall–Kier alpha value is -2.69. The highest BCUT2D eigenvalue weighted by molar-refractivity contribution is 5.58. The maximum Gasteiger partial charge on any atom is 0.142 e. The lowest BCUT2D eigenvalue weighted by atomic mass is 10.3. The minimum Gasteiger partial charge on any atom is -0.382 e. The van der Waals surface area contributed by atoms with Gasteiger partial charge in [-0.15, -0.1) is 0 Å². The molecular weight excluding hydrogens is 226 g/mol. The average molecular weight is 237 g/mol. The highest BCUT2D eigenvalue weighted by Crippen LogP contribution is 2.20. The Morgan fingerprint density at radius 1 is 1.00 bits per heavy atom. The van der Waals surface area contributed by atoms with Crippen molar-refractivity contribution in [1.82, 2.24) is 19.7 Å². The second kappa shape index (κ2) is 4.29. The zero-order valence-corrected chi connectivity index (χ0v) is 9.56. The molecule has 0 atom stereocenters. The molecule has 0 bridgehead atoms. The fourth-order valence-electron chi connectivity index (χ4n) is 1.78. The van der Waals surface area contributed by atoms with Crippen LogP contribution in [0.15, 0.2) is 55.0 Å². The summed E-state index contributed by atoms with van der Waals surface area (Å²) in [5.74, 6) is 0.397. The molecule has 0 unspecified atom stereocenters. The van der Waals surface area contributed by atoms with Crippen LogP contribution in [0.4, 0.5) is 5.82 Å². The number of para-hydroxylation sites is 1. The number of nitrogens with zero attached hydrogens (tertiary/aromatic N) is 4. The fourth-order valence-corrected chi connectivity index (χ4v) is 1.78. The van der Waals surface area contributed by atoms with Crippen LogP contribution < -0.4 is 5.73 Å². The first-order valence-electron chi connectivity index (χ1n) is 5.52. The van der Waals surface area contributed by atoms with Gasteiger partial charge in [0, 0.05) is 0 Å². The topological polar surface area (TPSA) is 69.6 Å². The molecule has 3 rings (SSSR count). The third-order valence-electron chi connectivity index (χ3n) is 2.56. The predicted molar refractivity (Wildman–Crippen MR) is 69.0 cm³/mol. The molecule has 2 aromatic heterocycles. The summed E-state index contributed by atoms with van der Waals surface area (Å²) in [7, 11) is 0. The van der Waals surface area contributed by atoms with E-state index in [1.807, 2.05) is 41.1 Å². The van der Waals surface area contributed by atoms with Crippen molar-refractivity contribution in [3.05, 3.63) is 55.0 Å². The fraction of sp³-hybridized carbons (Fsp3) is 0. The number of aromatic nitrogens is 4. The third kappa shape index (κ3) is 1.82. The van der Waals surface area contributed by atoms with E-state index in [4.69, 9.17) is 5.73 Å². The molecule has 0 aliphatic carbocycles. The Morgan fingerprint density at radius 2 is 1.83 bits per heavy atom. The summed E-state index contributed by atoms with van der Waals surface area (Å²) >= 11 is 0. The molecule has 0 fully saturated rings. The molecule has 0 amide bonds. The molecule has 2 N–H and O–H groups in total. The minimum atomic E-state index is 0.397. The number of benzene rings is 1. The summed E-state index contributed by atoms with van der Waals surface area (Å²) < 4.78 is 1.81. The molecule has 18 heavy (non-hydrogen) atoms. The lowest BCUT2D eigenvalue weighted by Crippen LogP contribution is -2.01. The van der Waals surface area contributed by atoms with Crippen molar-refractivity contribution in [3.8, 4) is 17.1 Å². The molecule has 0 aliphatic heterocycles. The molecule has 0 spiro atoms. The Morgan fingerprint density at radius 3 is 2.61 bits per heavy atom. The van der Waals surface area contributed by atoms with E-state index >= 15 is 0 Å². The standard InChI is InChI=1S/C13H11N5/c14-13-9-15-8-11(17-13)12-6-7-16-18(12)10-4-2-1-3-5-10/h1-9H,(H2,14,17). The summed E-state index contributed by atoms with van der Waals surface area (Å²) in [5, 5.41) is 4.30. The van der Waals surface area contributed by atoms with Crippen LogP contribution in [0, 0.1) is 0 Å². The normalized spacial score (nSPS) is 10.4. The summed E-state index contributed by atoms with van der Waals surface area (Å²) in [6.45, 7) is 0. The molecule has 0 saturated carbocycles. The number of nitrogen functional groups attached to an aromatic ring is 1. The molecule has 0 saturated heterocycles. The predicted octanol–water partition coefficient (Wildman–Crippen LogP) is 1.91. The lowest BCUT2D eigenvalue weighted by molar-refractivity contribution is 0.883. The molecular formula is C13H11N5. The molecule has 3 aromatic rings. The molecule has 1 aromatic carbocycles. The van der Waals surface area contributed by atoms with E-state index < -0.39 is 0 Å². The van der Waals surface area contributed by atoms with E-state index in [-0.39, 0.29) is 0 Å². The van der Waals surface area contributed by atoms with Gasteiger partial charge in [-0.05, 0) is 18.2 Å². The van der Waals surface area contributed by atoms with Crippen LogP contribution in [0.2, 0.25) is 0 Å². The number of hydrogen-bond acceptors (Lipinski definition) is 4. The second-order valence-electron chi connectivity index (χ2n) is 3.79. The van der Waals surface area contributed by atoms with Gasteiger partial charge in [0.15, 0.2) is 0 Å². The SMILES string of the molecule is Nc1cncc(-c2ccnn2-c2ccccc2)n1. The van der Waals surface area contributed by atoms with Crippen LogP contribution in [0.3, 0.4) is 0 Å². The lowest BCUT2D eigenvalue weighted by Gasteiger charge is -2.06. The monoisotopic (exact) mass is 237 g/mol. The van der Waals surface area contributed by atoms with Crippen molar-refractivity contribution < 1.29 is 0 Å². The highest BCUT2D eigenvalue weighted by Gasteiger charge is 2.08. The van der Waals surface area contributed by atoms with E-state index in [1.165, 1.54) is 6.20 Å². The van der Waals surface area contributed by atoms with Gasteiger partial charge in [0.2, 0.25) is 0 Å². The van der Waals surface area contributed by atoms with E-state index in [2.05, 4.69) is 15.1 Å². The molecule has 5 heteroatoms. The van der Waals surface area contributed by atoms with Gasteiger partial charge < -0.3 is 5.73 Å². The van der Waals surface area contributed by atoms with Crippen molar-refractivity contribution >= 4 is 5.82 Å². The third-order valence-corrected chi connectivity index (χ3v) is 2.56. The summed E-state index contributed by atoms with van der Waals surface area (Å²) in [6, 6.07) is 11.7. The Labute approximate surface area is 104 Å². The quantitative estimate of drug-likeness (QED) is 0.739. The van der Waals surface area contributed by atoms with Crippen LogP contribution in [0.5, 0.6) is 0 Å². The van der Waals surface area contributed by atoms with Crippen LogP contribution in [-0.2, 0) is 0 Å². The minimum absolute atomic E-state index is 0.397. The van der Waals surface area contributed by atoms with Crippen LogP contribution in [0.1, 0.15) is 0 Å². The molecule has 5 nitrogen and oxygen atoms in total. The maximum absolute atomic E-state index is 5.65. The maximum atomic E-state index is 5.65. The molecule has 0 aliphatic rings. The first kappa shape index (κ1) is 10.5. The van der Waals surface area contributed by atoms with Crippen LogP contribution >= 0.6 is 0 Å². The van der Waals surface area contributed by atoms with E-state index in [0.29, 0.717) is 11.5 Å². The van der Waals surface area contributed by atoms with E-state index in [1.54, 1.807) is 12.4 Å². The van der Waals surface area contributed by atoms with Crippen molar-refractivity contribution in [1.29, 1.82) is 0 Å². The van der Waals surface area contributed by atoms with Gasteiger partial charge in [-0.2, -0.15) is 5.10 Å². The largest absolute Gasteiger partial charge is 0.382 e. The molecule has 0 radical (unpaired) electrons. The Balaban J connectivity index is 2.13. The van der Waals surface area contributed by atoms with Gasteiger partial charge in [-0.3, -0.25) is 4.98 Å². The van der Waals surface area contributed by atoms with Crippen molar-refractivity contribution in [2.24, 2.45) is 0 Å². The van der Waals surface area contributed by atoms with Gasteiger partial charge in [-0.1, -0.05) is 18.2 Å². The summed E-state index contributed by atoms with van der Waals surface area (Å²) in [6.07, 6.45) is 4.92. The number of hydrogen-bond donors (Lipinski definition) is 1.